The molecule has 0 unspecified atom stereocenters. The molecule has 8 aromatic heterocycles. The number of pyridine rings is 4. The van der Waals surface area contributed by atoms with E-state index in [4.69, 9.17) is 18.2 Å². The molecule has 0 spiro atoms. The maximum absolute atomic E-state index is 13.3. The van der Waals surface area contributed by atoms with E-state index >= 15 is 0 Å². The molecule has 23 heteroatoms. The molecular weight excluding hydrogens is 2220 g/mol. The van der Waals surface area contributed by atoms with E-state index < -0.39 is 11.7 Å². The number of thiophene rings is 1. The van der Waals surface area contributed by atoms with E-state index in [0.29, 0.717) is 5.82 Å². The molecule has 0 N–H and O–H groups in total. The van der Waals surface area contributed by atoms with Crippen molar-refractivity contribution in [2.75, 3.05) is 39.2 Å². The standard InChI is InChI=1S/C25H16F3N3.C24H15N3O.C24H15N3S.C22H13N3O2.4Ir/c26-25(27,28)19-10-7-13-21(16-19)31-17-30(20-11-5-2-6-12-20)23-22(14-15-29-24(23)31)18-8-3-1-4-9-18;1-2-8-17(9-3-1)26-16-27(21-13-7-15-25-24(21)26)20-12-6-11-19-18-10-4-5-14-22(18)28-23(19)20;1-3-9-17(10-4-1)26-16-27(18-11-5-2-6-12-18)24-22(26)23-20(15-25-24)19-13-7-8-14-21(19)28-23;1-2-19-22(23-9-1)25(18-4-6-21-16(13-18)8-11-27-21)14-24(19)17-3-5-20-15(12-17)7-10-26-20;;;;/h1-12,14-17H;1-8,10-16H;1-11,13-16H;1-2,4-14H;;;;/q4*-2;;;;. The maximum Gasteiger partial charge on any atom is 0.394 e. The third kappa shape index (κ3) is 15.0. The van der Waals surface area contributed by atoms with E-state index in [1.807, 2.05) is 224 Å². The molecule has 0 saturated heterocycles. The summed E-state index contributed by atoms with van der Waals surface area (Å²) in [5.41, 5.74) is 15.7. The number of nitrogens with zero attached hydrogens (tertiary/aromatic N) is 12. The van der Waals surface area contributed by atoms with E-state index in [-0.39, 0.29) is 86.1 Å². The summed E-state index contributed by atoms with van der Waals surface area (Å²) in [5.74, 6) is 3.23. The van der Waals surface area contributed by atoms with Crippen molar-refractivity contribution in [1.29, 1.82) is 0 Å². The van der Waals surface area contributed by atoms with Gasteiger partial charge in [-0.15, -0.1) is 79.0 Å². The van der Waals surface area contributed by atoms with E-state index in [0.717, 1.165) is 147 Å². The second kappa shape index (κ2) is 34.2. The zero-order chi connectivity index (χ0) is 76.2. The molecule has 11 aromatic carbocycles. The molecule has 0 aliphatic carbocycles. The van der Waals surface area contributed by atoms with Crippen molar-refractivity contribution in [3.63, 3.8) is 0 Å². The summed E-state index contributed by atoms with van der Waals surface area (Å²) in [6.45, 7) is 7.95. The number of fused-ring (bicyclic) bond motifs is 13. The van der Waals surface area contributed by atoms with Crippen molar-refractivity contribution >= 4 is 167 Å². The van der Waals surface area contributed by atoms with Crippen LogP contribution < -0.4 is 39.2 Å². The summed E-state index contributed by atoms with van der Waals surface area (Å²) in [6, 6.07) is 109. The van der Waals surface area contributed by atoms with Crippen LogP contribution in [-0.4, -0.2) is 19.9 Å². The van der Waals surface area contributed by atoms with Crippen LogP contribution in [0.2, 0.25) is 0 Å². The fourth-order valence-electron chi connectivity index (χ4n) is 14.8. The van der Waals surface area contributed by atoms with Crippen LogP contribution in [0, 0.1) is 50.9 Å². The number of hydrogen-bond acceptors (Lipinski definition) is 16. The molecule has 118 heavy (non-hydrogen) atoms. The number of anilines is 16. The number of furan rings is 3. The Morgan fingerprint density at radius 1 is 0.356 bits per heavy atom. The maximum atomic E-state index is 13.3. The van der Waals surface area contributed by atoms with Gasteiger partial charge in [0.15, 0.2) is 5.58 Å². The van der Waals surface area contributed by atoms with Gasteiger partial charge in [0.25, 0.3) is 0 Å². The van der Waals surface area contributed by atoms with E-state index in [2.05, 4.69) is 178 Å². The van der Waals surface area contributed by atoms with Crippen LogP contribution >= 0.6 is 11.3 Å². The Kier molecular flexibility index (Phi) is 23.1. The van der Waals surface area contributed by atoms with Gasteiger partial charge in [-0.1, -0.05) is 126 Å². The van der Waals surface area contributed by atoms with Crippen LogP contribution in [-0.2, 0) is 86.6 Å². The number of benzene rings is 11. The first-order chi connectivity index (χ1) is 56.2. The summed E-state index contributed by atoms with van der Waals surface area (Å²) < 4.78 is 59.6. The van der Waals surface area contributed by atoms with Crippen LogP contribution in [0.5, 0.6) is 0 Å². The molecule has 0 saturated carbocycles. The average Bonchev–Trinajstić information content (AvgIpc) is 1.56. The second-order valence-corrected chi connectivity index (χ2v) is 27.9. The number of hydrogen-bond donors (Lipinski definition) is 0. The zero-order valence-electron chi connectivity index (χ0n) is 61.5. The zero-order valence-corrected chi connectivity index (χ0v) is 71.9. The van der Waals surface area contributed by atoms with Crippen LogP contribution in [0.1, 0.15) is 5.56 Å². The molecule has 0 atom stereocenters. The predicted molar refractivity (Wildman–Crippen MR) is 448 cm³/mol. The monoisotopic (exact) mass is 2280 g/mol. The Morgan fingerprint density at radius 3 is 1.61 bits per heavy atom. The van der Waals surface area contributed by atoms with Gasteiger partial charge in [-0.3, -0.25) is 0 Å². The molecule has 15 nitrogen and oxygen atoms in total. The molecular formula is C95H59F3Ir4N12O3S-8. The second-order valence-electron chi connectivity index (χ2n) is 26.9. The van der Waals surface area contributed by atoms with E-state index in [1.165, 1.54) is 26.2 Å². The summed E-state index contributed by atoms with van der Waals surface area (Å²) in [7, 11) is 0. The SMILES string of the molecule is FC(F)(F)c1cc[c-]c(N2[CH-]N(c3ccccc3)c3c(-c4ccccc4)ccnc32)c1.[Ir].[Ir].[Ir].[Ir].[c-]1cc2occc2cc1N1[CH-]N(c2ccc3occc3c2)c2ncccc21.[c-]1ccccc1N1[CH-]N(c2cccc3c2oc2ccccc23)c2cccnc21.[c-]1ccccc1N1[CH-]N(c2ccccc2)c2c1ncc1c2sc2ccccc21. The molecule has 4 radical (unpaired) electrons. The van der Waals surface area contributed by atoms with Crippen molar-refractivity contribution < 1.29 is 107 Å². The third-order valence-corrected chi connectivity index (χ3v) is 21.3. The fraction of sp³-hybridized carbons (Fsp3) is 0.0105. The minimum atomic E-state index is -4.44. The quantitative estimate of drug-likeness (QED) is 0.128. The van der Waals surface area contributed by atoms with E-state index in [9.17, 15) is 13.2 Å². The van der Waals surface area contributed by atoms with E-state index in [1.54, 1.807) is 30.3 Å². The largest absolute Gasteiger partial charge is 0.523 e. The van der Waals surface area contributed by atoms with Crippen LogP contribution in [0.3, 0.4) is 0 Å². The van der Waals surface area contributed by atoms with Crippen molar-refractivity contribution in [2.45, 2.75) is 6.18 Å². The van der Waals surface area contributed by atoms with Gasteiger partial charge in [-0.2, -0.15) is 98.1 Å². The number of aromatic nitrogens is 4. The topological polar surface area (TPSA) is 117 Å². The number of rotatable bonds is 9. The van der Waals surface area contributed by atoms with Gasteiger partial charge in [-0.05, 0) is 109 Å². The van der Waals surface area contributed by atoms with Gasteiger partial charge < -0.3 is 52.5 Å². The minimum absolute atomic E-state index is 0. The van der Waals surface area contributed by atoms with Crippen LogP contribution in [0.15, 0.2) is 348 Å². The molecule has 12 heterocycles. The van der Waals surface area contributed by atoms with Gasteiger partial charge in [0.1, 0.15) is 34.4 Å². The van der Waals surface area contributed by atoms with Crippen molar-refractivity contribution in [3.8, 4) is 11.1 Å². The van der Waals surface area contributed by atoms with Crippen LogP contribution in [0.4, 0.5) is 105 Å². The van der Waals surface area contributed by atoms with Crippen LogP contribution in [0.25, 0.3) is 75.2 Å². The molecule has 0 bridgehead atoms. The average molecular weight is 2270 g/mol. The molecule has 0 amide bonds. The number of para-hydroxylation sites is 6. The first-order valence-electron chi connectivity index (χ1n) is 36.6. The first kappa shape index (κ1) is 79.7. The van der Waals surface area contributed by atoms with Crippen molar-refractivity contribution in [3.05, 3.63) is 391 Å². The third-order valence-electron chi connectivity index (χ3n) is 20.1. The smallest absolute Gasteiger partial charge is 0.394 e. The normalized spacial score (nSPS) is 13.0. The molecule has 588 valence electrons. The van der Waals surface area contributed by atoms with Gasteiger partial charge in [0.2, 0.25) is 0 Å². The summed E-state index contributed by atoms with van der Waals surface area (Å²) in [6.07, 6.45) is 6.25. The number of alkyl halides is 3. The van der Waals surface area contributed by atoms with Gasteiger partial charge in [-0.25, -0.2) is 19.9 Å². The molecule has 0 fully saturated rings. The Balaban J connectivity index is 0.000000116. The summed E-state index contributed by atoms with van der Waals surface area (Å²) >= 11 is 1.82. The Labute approximate surface area is 734 Å². The molecule has 23 rings (SSSR count). The van der Waals surface area contributed by atoms with Gasteiger partial charge in [0, 0.05) is 165 Å². The first-order valence-corrected chi connectivity index (χ1v) is 37.4. The minimum Gasteiger partial charge on any atom is -0.523 e. The molecule has 4 aliphatic heterocycles. The van der Waals surface area contributed by atoms with Crippen molar-refractivity contribution in [1.82, 2.24) is 19.9 Å². The number of halogens is 3. The van der Waals surface area contributed by atoms with Gasteiger partial charge in [0.05, 0.1) is 45.7 Å². The summed E-state index contributed by atoms with van der Waals surface area (Å²) in [4.78, 5) is 34.9. The van der Waals surface area contributed by atoms with Crippen molar-refractivity contribution in [2.24, 2.45) is 0 Å². The molecule has 19 aromatic rings. The van der Waals surface area contributed by atoms with Gasteiger partial charge >= 0.3 is 6.18 Å². The Morgan fingerprint density at radius 2 is 0.907 bits per heavy atom. The molecule has 4 aliphatic rings. The fourth-order valence-corrected chi connectivity index (χ4v) is 16.0. The summed E-state index contributed by atoms with van der Waals surface area (Å²) in [5, 5.41) is 6.79. The Bertz CT molecular complexity index is 6650. The predicted octanol–water partition coefficient (Wildman–Crippen LogP) is 25.6. The Hall–Kier alpha value is -12.1.